The van der Waals surface area contributed by atoms with Gasteiger partial charge in [-0.05, 0) is 78.7 Å². The Kier molecular flexibility index (Phi) is 5.27. The van der Waals surface area contributed by atoms with Crippen LogP contribution in [0.5, 0.6) is 17.2 Å². The Bertz CT molecular complexity index is 1640. The SMILES string of the molecule is COc1ccc(-c2c(O)c(-c3ccc(OC)cc3)c3ccc4cc(C(C)(C)C)cc5ccc2c3c54)cc1. The number of hydrogen-bond donors (Lipinski definition) is 1. The third kappa shape index (κ3) is 3.65. The van der Waals surface area contributed by atoms with Crippen LogP contribution in [-0.2, 0) is 5.41 Å². The van der Waals surface area contributed by atoms with E-state index in [-0.39, 0.29) is 11.2 Å². The molecule has 0 aromatic heterocycles. The highest BCUT2D eigenvalue weighted by molar-refractivity contribution is 6.29. The molecular formula is C34H30O3. The van der Waals surface area contributed by atoms with Crippen molar-refractivity contribution >= 4 is 32.3 Å². The molecule has 184 valence electrons. The minimum absolute atomic E-state index is 0.0469. The van der Waals surface area contributed by atoms with E-state index in [0.717, 1.165) is 44.5 Å². The van der Waals surface area contributed by atoms with E-state index in [1.807, 2.05) is 48.5 Å². The number of hydrogen-bond acceptors (Lipinski definition) is 3. The first-order valence-electron chi connectivity index (χ1n) is 12.6. The number of phenolic OH excluding ortho intramolecular Hbond substituents is 1. The molecule has 0 heterocycles. The Hall–Kier alpha value is -4.24. The lowest BCUT2D eigenvalue weighted by atomic mass is 9.81. The topological polar surface area (TPSA) is 38.7 Å². The van der Waals surface area contributed by atoms with Gasteiger partial charge in [-0.25, -0.2) is 0 Å². The zero-order valence-electron chi connectivity index (χ0n) is 21.8. The fraction of sp³-hybridized carbons (Fsp3) is 0.176. The highest BCUT2D eigenvalue weighted by atomic mass is 16.5. The van der Waals surface area contributed by atoms with Crippen LogP contribution in [0.25, 0.3) is 54.6 Å². The van der Waals surface area contributed by atoms with Crippen molar-refractivity contribution in [2.45, 2.75) is 26.2 Å². The largest absolute Gasteiger partial charge is 0.507 e. The Morgan fingerprint density at radius 1 is 0.568 bits per heavy atom. The van der Waals surface area contributed by atoms with E-state index < -0.39 is 0 Å². The molecular weight excluding hydrogens is 456 g/mol. The molecule has 0 aliphatic heterocycles. The van der Waals surface area contributed by atoms with Crippen molar-refractivity contribution < 1.29 is 14.6 Å². The monoisotopic (exact) mass is 486 g/mol. The molecule has 0 spiro atoms. The molecule has 0 atom stereocenters. The Morgan fingerprint density at radius 2 is 1.00 bits per heavy atom. The molecule has 0 radical (unpaired) electrons. The Balaban J connectivity index is 1.77. The lowest BCUT2D eigenvalue weighted by molar-refractivity contribution is 0.415. The molecule has 0 aliphatic carbocycles. The lowest BCUT2D eigenvalue weighted by Gasteiger charge is -2.23. The molecule has 1 N–H and O–H groups in total. The Morgan fingerprint density at radius 3 is 1.38 bits per heavy atom. The summed E-state index contributed by atoms with van der Waals surface area (Å²) in [5, 5.41) is 18.8. The maximum absolute atomic E-state index is 11.9. The maximum atomic E-state index is 11.9. The molecule has 0 bridgehead atoms. The number of methoxy groups -OCH3 is 2. The van der Waals surface area contributed by atoms with Crippen LogP contribution in [0.4, 0.5) is 0 Å². The summed E-state index contributed by atoms with van der Waals surface area (Å²) in [6, 6.07) is 29.2. The summed E-state index contributed by atoms with van der Waals surface area (Å²) in [6.45, 7) is 6.75. The molecule has 37 heavy (non-hydrogen) atoms. The summed E-state index contributed by atoms with van der Waals surface area (Å²) in [5.74, 6) is 1.84. The van der Waals surface area contributed by atoms with Crippen molar-refractivity contribution in [3.05, 3.63) is 90.5 Å². The first-order chi connectivity index (χ1) is 17.8. The summed E-state index contributed by atoms with van der Waals surface area (Å²) in [4.78, 5) is 0. The van der Waals surface area contributed by atoms with Gasteiger partial charge in [0.2, 0.25) is 0 Å². The average molecular weight is 487 g/mol. The van der Waals surface area contributed by atoms with Crippen LogP contribution < -0.4 is 9.47 Å². The lowest BCUT2D eigenvalue weighted by Crippen LogP contribution is -2.10. The van der Waals surface area contributed by atoms with Crippen molar-refractivity contribution in [3.8, 4) is 39.5 Å². The molecule has 0 amide bonds. The second-order valence-electron chi connectivity index (χ2n) is 10.7. The van der Waals surface area contributed by atoms with Crippen molar-refractivity contribution in [2.75, 3.05) is 14.2 Å². The number of aromatic hydroxyl groups is 1. The molecule has 6 aromatic carbocycles. The third-order valence-electron chi connectivity index (χ3n) is 7.48. The highest BCUT2D eigenvalue weighted by Crippen LogP contribution is 2.50. The number of rotatable bonds is 4. The summed E-state index contributed by atoms with van der Waals surface area (Å²) < 4.78 is 10.8. The van der Waals surface area contributed by atoms with Crippen LogP contribution in [0.3, 0.4) is 0 Å². The van der Waals surface area contributed by atoms with E-state index in [4.69, 9.17) is 9.47 Å². The standard InChI is InChI=1S/C34H30O3/c1-34(2,3)24-18-22-10-16-27-30(20-6-12-25(36-4)13-7-20)33(35)31(21-8-14-26(37-5)15-9-21)28-17-11-23(19-24)29(22)32(27)28/h6-19,35H,1-5H3. The van der Waals surface area contributed by atoms with Crippen molar-refractivity contribution in [3.63, 3.8) is 0 Å². The van der Waals surface area contributed by atoms with Crippen LogP contribution in [-0.4, -0.2) is 19.3 Å². The van der Waals surface area contributed by atoms with Crippen molar-refractivity contribution in [1.82, 2.24) is 0 Å². The quantitative estimate of drug-likeness (QED) is 0.253. The van der Waals surface area contributed by atoms with Crippen LogP contribution in [0.15, 0.2) is 84.9 Å². The second kappa shape index (κ2) is 8.41. The molecule has 0 saturated carbocycles. The fourth-order valence-corrected chi connectivity index (χ4v) is 5.50. The molecule has 6 aromatic rings. The minimum Gasteiger partial charge on any atom is -0.507 e. The van der Waals surface area contributed by atoms with Crippen LogP contribution in [0.1, 0.15) is 26.3 Å². The summed E-state index contributed by atoms with van der Waals surface area (Å²) in [5.41, 5.74) is 4.91. The summed E-state index contributed by atoms with van der Waals surface area (Å²) in [6.07, 6.45) is 0. The first-order valence-corrected chi connectivity index (χ1v) is 12.6. The van der Waals surface area contributed by atoms with Gasteiger partial charge in [0.05, 0.1) is 14.2 Å². The summed E-state index contributed by atoms with van der Waals surface area (Å²) in [7, 11) is 3.33. The average Bonchev–Trinajstić information content (AvgIpc) is 2.91. The van der Waals surface area contributed by atoms with E-state index in [9.17, 15) is 5.11 Å². The summed E-state index contributed by atoms with van der Waals surface area (Å²) >= 11 is 0. The third-order valence-corrected chi connectivity index (χ3v) is 7.48. The van der Waals surface area contributed by atoms with Gasteiger partial charge in [-0.3, -0.25) is 0 Å². The van der Waals surface area contributed by atoms with Gasteiger partial charge in [0, 0.05) is 11.1 Å². The van der Waals surface area contributed by atoms with Gasteiger partial charge in [-0.2, -0.15) is 0 Å². The predicted octanol–water partition coefficient (Wildman–Crippen LogP) is 8.94. The van der Waals surface area contributed by atoms with Crippen LogP contribution >= 0.6 is 0 Å². The van der Waals surface area contributed by atoms with E-state index in [1.165, 1.54) is 27.1 Å². The fourth-order valence-electron chi connectivity index (χ4n) is 5.50. The van der Waals surface area contributed by atoms with Gasteiger partial charge in [0.15, 0.2) is 0 Å². The molecule has 0 saturated heterocycles. The molecule has 3 nitrogen and oxygen atoms in total. The van der Waals surface area contributed by atoms with Gasteiger partial charge in [0.25, 0.3) is 0 Å². The Labute approximate surface area is 217 Å². The van der Waals surface area contributed by atoms with Crippen LogP contribution in [0, 0.1) is 0 Å². The van der Waals surface area contributed by atoms with Gasteiger partial charge >= 0.3 is 0 Å². The van der Waals surface area contributed by atoms with Gasteiger partial charge < -0.3 is 14.6 Å². The van der Waals surface area contributed by atoms with Gasteiger partial charge in [-0.15, -0.1) is 0 Å². The van der Waals surface area contributed by atoms with Gasteiger partial charge in [-0.1, -0.05) is 81.4 Å². The molecule has 0 unspecified atom stereocenters. The van der Waals surface area contributed by atoms with Crippen molar-refractivity contribution in [1.29, 1.82) is 0 Å². The van der Waals surface area contributed by atoms with Crippen molar-refractivity contribution in [2.24, 2.45) is 0 Å². The zero-order chi connectivity index (χ0) is 25.9. The highest BCUT2D eigenvalue weighted by Gasteiger charge is 2.23. The minimum atomic E-state index is 0.0469. The van der Waals surface area contributed by atoms with Crippen LogP contribution in [0.2, 0.25) is 0 Å². The zero-order valence-corrected chi connectivity index (χ0v) is 21.8. The second-order valence-corrected chi connectivity index (χ2v) is 10.7. The molecule has 6 rings (SSSR count). The molecule has 0 fully saturated rings. The van der Waals surface area contributed by atoms with E-state index in [1.54, 1.807) is 14.2 Å². The van der Waals surface area contributed by atoms with E-state index in [0.29, 0.717) is 0 Å². The smallest absolute Gasteiger partial charge is 0.132 e. The van der Waals surface area contributed by atoms with Gasteiger partial charge in [0.1, 0.15) is 17.2 Å². The molecule has 0 aliphatic rings. The maximum Gasteiger partial charge on any atom is 0.132 e. The number of benzene rings is 6. The first kappa shape index (κ1) is 23.2. The normalized spacial score (nSPS) is 12.0. The molecule has 3 heteroatoms. The van der Waals surface area contributed by atoms with E-state index in [2.05, 4.69) is 57.2 Å². The number of ether oxygens (including phenoxy) is 2. The van der Waals surface area contributed by atoms with E-state index >= 15 is 0 Å². The predicted molar refractivity (Wildman–Crippen MR) is 154 cm³/mol. The number of phenols is 1.